The van der Waals surface area contributed by atoms with E-state index in [1.807, 2.05) is 18.2 Å². The molecule has 3 rings (SSSR count). The SMILES string of the molecule is COc1cccc2c1nc(CCl)n2CC1CN(C)CCO1. The molecule has 6 heteroatoms. The van der Waals surface area contributed by atoms with E-state index in [9.17, 15) is 0 Å². The van der Waals surface area contributed by atoms with Crippen molar-refractivity contribution in [3.63, 3.8) is 0 Å². The lowest BCUT2D eigenvalue weighted by atomic mass is 10.2. The molecule has 0 bridgehead atoms. The van der Waals surface area contributed by atoms with Gasteiger partial charge in [-0.1, -0.05) is 6.07 Å². The molecule has 0 N–H and O–H groups in total. The van der Waals surface area contributed by atoms with Gasteiger partial charge in [-0.15, -0.1) is 11.6 Å². The molecule has 1 aromatic carbocycles. The van der Waals surface area contributed by atoms with Crippen LogP contribution in [0.5, 0.6) is 5.75 Å². The minimum atomic E-state index is 0.161. The second kappa shape index (κ2) is 6.22. The number of aromatic nitrogens is 2. The minimum absolute atomic E-state index is 0.161. The normalized spacial score (nSPS) is 20.0. The van der Waals surface area contributed by atoms with Gasteiger partial charge in [0, 0.05) is 13.1 Å². The molecule has 1 fully saturated rings. The Morgan fingerprint density at radius 2 is 2.33 bits per heavy atom. The number of rotatable bonds is 4. The number of halogens is 1. The monoisotopic (exact) mass is 309 g/mol. The van der Waals surface area contributed by atoms with Gasteiger partial charge in [-0.3, -0.25) is 0 Å². The highest BCUT2D eigenvalue weighted by molar-refractivity contribution is 6.16. The van der Waals surface area contributed by atoms with Crippen molar-refractivity contribution >= 4 is 22.6 Å². The summed E-state index contributed by atoms with van der Waals surface area (Å²) >= 11 is 6.07. The maximum atomic E-state index is 6.07. The fourth-order valence-electron chi connectivity index (χ4n) is 2.82. The van der Waals surface area contributed by atoms with Crippen molar-refractivity contribution in [3.8, 4) is 5.75 Å². The van der Waals surface area contributed by atoms with Gasteiger partial charge in [-0.05, 0) is 19.2 Å². The smallest absolute Gasteiger partial charge is 0.146 e. The lowest BCUT2D eigenvalue weighted by molar-refractivity contribution is -0.0272. The molecule has 5 nitrogen and oxygen atoms in total. The summed E-state index contributed by atoms with van der Waals surface area (Å²) in [4.78, 5) is 6.91. The van der Waals surface area contributed by atoms with Crippen LogP contribution in [-0.4, -0.2) is 54.4 Å². The van der Waals surface area contributed by atoms with E-state index in [1.165, 1.54) is 0 Å². The van der Waals surface area contributed by atoms with Crippen LogP contribution in [0.2, 0.25) is 0 Å². The zero-order valence-electron chi connectivity index (χ0n) is 12.4. The van der Waals surface area contributed by atoms with E-state index in [4.69, 9.17) is 21.1 Å². The van der Waals surface area contributed by atoms with Gasteiger partial charge in [0.1, 0.15) is 17.1 Å². The largest absolute Gasteiger partial charge is 0.494 e. The lowest BCUT2D eigenvalue weighted by Crippen LogP contribution is -2.42. The predicted octanol–water partition coefficient (Wildman–Crippen LogP) is 2.11. The van der Waals surface area contributed by atoms with Crippen molar-refractivity contribution < 1.29 is 9.47 Å². The Kier molecular flexibility index (Phi) is 4.33. The molecule has 1 aliphatic rings. The van der Waals surface area contributed by atoms with E-state index >= 15 is 0 Å². The highest BCUT2D eigenvalue weighted by Crippen LogP contribution is 2.27. The molecule has 0 radical (unpaired) electrons. The topological polar surface area (TPSA) is 39.5 Å². The van der Waals surface area contributed by atoms with Crippen LogP contribution in [-0.2, 0) is 17.2 Å². The Bertz CT molecular complexity index is 629. The summed E-state index contributed by atoms with van der Waals surface area (Å²) in [5, 5.41) is 0. The number of hydrogen-bond donors (Lipinski definition) is 0. The number of morpholine rings is 1. The first-order valence-corrected chi connectivity index (χ1v) is 7.64. The molecule has 1 aliphatic heterocycles. The van der Waals surface area contributed by atoms with Crippen molar-refractivity contribution in [2.75, 3.05) is 33.9 Å². The second-order valence-corrected chi connectivity index (χ2v) is 5.62. The number of hydrogen-bond acceptors (Lipinski definition) is 4. The molecule has 0 saturated carbocycles. The number of likely N-dealkylation sites (N-methyl/N-ethyl adjacent to an activating group) is 1. The molecule has 0 spiro atoms. The van der Waals surface area contributed by atoms with Gasteiger partial charge in [0.15, 0.2) is 0 Å². The third kappa shape index (κ3) is 2.86. The molecule has 1 atom stereocenters. The van der Waals surface area contributed by atoms with Gasteiger partial charge < -0.3 is 18.9 Å². The number of fused-ring (bicyclic) bond motifs is 1. The molecular weight excluding hydrogens is 290 g/mol. The maximum absolute atomic E-state index is 6.07. The molecule has 1 saturated heterocycles. The first-order chi connectivity index (χ1) is 10.2. The fraction of sp³-hybridized carbons (Fsp3) is 0.533. The lowest BCUT2D eigenvalue weighted by Gasteiger charge is -2.30. The van der Waals surface area contributed by atoms with Crippen LogP contribution >= 0.6 is 11.6 Å². The zero-order valence-corrected chi connectivity index (χ0v) is 13.1. The Labute approximate surface area is 129 Å². The fourth-order valence-corrected chi connectivity index (χ4v) is 3.02. The van der Waals surface area contributed by atoms with Crippen LogP contribution < -0.4 is 4.74 Å². The molecule has 1 unspecified atom stereocenters. The molecule has 21 heavy (non-hydrogen) atoms. The number of nitrogens with zero attached hydrogens (tertiary/aromatic N) is 3. The molecular formula is C15H20ClN3O2. The van der Waals surface area contributed by atoms with Crippen molar-refractivity contribution in [2.45, 2.75) is 18.5 Å². The van der Waals surface area contributed by atoms with E-state index in [-0.39, 0.29) is 6.10 Å². The quantitative estimate of drug-likeness (QED) is 0.811. The number of methoxy groups -OCH3 is 1. The first-order valence-electron chi connectivity index (χ1n) is 7.11. The van der Waals surface area contributed by atoms with Gasteiger partial charge in [0.2, 0.25) is 0 Å². The number of benzene rings is 1. The van der Waals surface area contributed by atoms with E-state index < -0.39 is 0 Å². The van der Waals surface area contributed by atoms with E-state index in [0.717, 1.165) is 48.8 Å². The second-order valence-electron chi connectivity index (χ2n) is 5.36. The predicted molar refractivity (Wildman–Crippen MR) is 83.1 cm³/mol. The van der Waals surface area contributed by atoms with E-state index in [1.54, 1.807) is 7.11 Å². The van der Waals surface area contributed by atoms with Crippen LogP contribution in [0, 0.1) is 0 Å². The molecule has 2 heterocycles. The van der Waals surface area contributed by atoms with Crippen molar-refractivity contribution in [1.82, 2.24) is 14.5 Å². The molecule has 0 amide bonds. The van der Waals surface area contributed by atoms with Crippen molar-refractivity contribution in [3.05, 3.63) is 24.0 Å². The Hall–Kier alpha value is -1.30. The van der Waals surface area contributed by atoms with Gasteiger partial charge in [0.05, 0.1) is 37.8 Å². The van der Waals surface area contributed by atoms with Crippen LogP contribution in [0.3, 0.4) is 0 Å². The third-order valence-corrected chi connectivity index (χ3v) is 4.13. The molecule has 2 aromatic rings. The summed E-state index contributed by atoms with van der Waals surface area (Å²) < 4.78 is 13.4. The average Bonchev–Trinajstić information content (AvgIpc) is 2.85. The minimum Gasteiger partial charge on any atom is -0.494 e. The van der Waals surface area contributed by atoms with E-state index in [2.05, 4.69) is 21.5 Å². The zero-order chi connectivity index (χ0) is 14.8. The Balaban J connectivity index is 1.96. The standard InChI is InChI=1S/C15H20ClN3O2/c1-18-6-7-21-11(9-18)10-19-12-4-3-5-13(20-2)15(12)17-14(19)8-16/h3-5,11H,6-10H2,1-2H3. The van der Waals surface area contributed by atoms with Crippen molar-refractivity contribution in [1.29, 1.82) is 0 Å². The first kappa shape index (κ1) is 14.6. The molecule has 114 valence electrons. The van der Waals surface area contributed by atoms with Crippen molar-refractivity contribution in [2.24, 2.45) is 0 Å². The number of para-hydroxylation sites is 1. The van der Waals surface area contributed by atoms with Gasteiger partial charge in [0.25, 0.3) is 0 Å². The van der Waals surface area contributed by atoms with Gasteiger partial charge in [-0.2, -0.15) is 0 Å². The molecule has 1 aromatic heterocycles. The Morgan fingerprint density at radius 3 is 3.05 bits per heavy atom. The Morgan fingerprint density at radius 1 is 1.48 bits per heavy atom. The van der Waals surface area contributed by atoms with Crippen LogP contribution in [0.25, 0.3) is 11.0 Å². The third-order valence-electron chi connectivity index (χ3n) is 3.89. The number of imidazole rings is 1. The summed E-state index contributed by atoms with van der Waals surface area (Å²) in [5.74, 6) is 2.01. The van der Waals surface area contributed by atoms with E-state index in [0.29, 0.717) is 5.88 Å². The summed E-state index contributed by atoms with van der Waals surface area (Å²) in [6, 6.07) is 5.95. The van der Waals surface area contributed by atoms with Crippen LogP contribution in [0.4, 0.5) is 0 Å². The average molecular weight is 310 g/mol. The summed E-state index contributed by atoms with van der Waals surface area (Å²) in [6.45, 7) is 3.44. The highest BCUT2D eigenvalue weighted by atomic mass is 35.5. The van der Waals surface area contributed by atoms with Crippen LogP contribution in [0.15, 0.2) is 18.2 Å². The molecule has 0 aliphatic carbocycles. The summed E-state index contributed by atoms with van der Waals surface area (Å²) in [5.41, 5.74) is 1.90. The number of alkyl halides is 1. The summed E-state index contributed by atoms with van der Waals surface area (Å²) in [6.07, 6.45) is 0.161. The van der Waals surface area contributed by atoms with Crippen LogP contribution in [0.1, 0.15) is 5.82 Å². The number of ether oxygens (including phenoxy) is 2. The maximum Gasteiger partial charge on any atom is 0.146 e. The van der Waals surface area contributed by atoms with Gasteiger partial charge in [-0.25, -0.2) is 4.98 Å². The van der Waals surface area contributed by atoms with Gasteiger partial charge >= 0.3 is 0 Å². The highest BCUT2D eigenvalue weighted by Gasteiger charge is 2.21. The summed E-state index contributed by atoms with van der Waals surface area (Å²) in [7, 11) is 3.78.